The maximum absolute atomic E-state index is 12.0. The van der Waals surface area contributed by atoms with E-state index >= 15 is 0 Å². The number of methoxy groups -OCH3 is 1. The maximum Gasteiger partial charge on any atom is 0.237 e. The molecule has 1 fully saturated rings. The number of hydrogen-bond acceptors (Lipinski definition) is 4. The summed E-state index contributed by atoms with van der Waals surface area (Å²) in [5.41, 5.74) is 0. The standard InChI is InChI=1S/C14H29N3O2/c1-4-7-15-13-6-5-9-17(11-13)12(2)14(18)16-8-10-19-3/h12-13,15H,4-11H2,1-3H3,(H,16,18). The summed E-state index contributed by atoms with van der Waals surface area (Å²) < 4.78 is 4.94. The van der Waals surface area contributed by atoms with Crippen molar-refractivity contribution in [2.75, 3.05) is 39.9 Å². The fourth-order valence-electron chi connectivity index (χ4n) is 2.46. The number of piperidine rings is 1. The van der Waals surface area contributed by atoms with E-state index in [1.807, 2.05) is 6.92 Å². The Morgan fingerprint density at radius 3 is 2.95 bits per heavy atom. The summed E-state index contributed by atoms with van der Waals surface area (Å²) in [4.78, 5) is 14.3. The van der Waals surface area contributed by atoms with Crippen molar-refractivity contribution in [1.82, 2.24) is 15.5 Å². The molecule has 0 radical (unpaired) electrons. The second-order valence-electron chi connectivity index (χ2n) is 5.25. The van der Waals surface area contributed by atoms with Crippen molar-refractivity contribution in [2.24, 2.45) is 0 Å². The average Bonchev–Trinajstić information content (AvgIpc) is 2.44. The molecule has 0 aliphatic carbocycles. The molecule has 1 aliphatic rings. The van der Waals surface area contributed by atoms with Crippen LogP contribution in [0.1, 0.15) is 33.1 Å². The third kappa shape index (κ3) is 5.89. The Morgan fingerprint density at radius 2 is 2.26 bits per heavy atom. The van der Waals surface area contributed by atoms with Crippen molar-refractivity contribution < 1.29 is 9.53 Å². The molecular formula is C14H29N3O2. The normalized spacial score (nSPS) is 22.2. The SMILES string of the molecule is CCCNC1CCCN(C(C)C(=O)NCCOC)C1. The topological polar surface area (TPSA) is 53.6 Å². The molecule has 2 unspecified atom stereocenters. The van der Waals surface area contributed by atoms with Crippen LogP contribution in [0.2, 0.25) is 0 Å². The van der Waals surface area contributed by atoms with Crippen LogP contribution in [0, 0.1) is 0 Å². The highest BCUT2D eigenvalue weighted by Gasteiger charge is 2.26. The monoisotopic (exact) mass is 271 g/mol. The molecule has 0 bridgehead atoms. The summed E-state index contributed by atoms with van der Waals surface area (Å²) in [6.07, 6.45) is 3.54. The van der Waals surface area contributed by atoms with E-state index in [0.717, 1.165) is 32.5 Å². The van der Waals surface area contributed by atoms with Crippen LogP contribution >= 0.6 is 0 Å². The van der Waals surface area contributed by atoms with Crippen LogP contribution in [-0.2, 0) is 9.53 Å². The molecule has 0 saturated carbocycles. The maximum atomic E-state index is 12.0. The van der Waals surface area contributed by atoms with Gasteiger partial charge in [0.25, 0.3) is 0 Å². The number of carbonyl (C=O) groups excluding carboxylic acids is 1. The van der Waals surface area contributed by atoms with Gasteiger partial charge in [0.15, 0.2) is 0 Å². The minimum absolute atomic E-state index is 0.0527. The first-order valence-electron chi connectivity index (χ1n) is 7.43. The Morgan fingerprint density at radius 1 is 1.47 bits per heavy atom. The minimum Gasteiger partial charge on any atom is -0.383 e. The van der Waals surface area contributed by atoms with E-state index in [1.54, 1.807) is 7.11 Å². The molecule has 0 aromatic rings. The zero-order valence-corrected chi connectivity index (χ0v) is 12.6. The van der Waals surface area contributed by atoms with Gasteiger partial charge in [-0.05, 0) is 39.3 Å². The number of hydrogen-bond donors (Lipinski definition) is 2. The van der Waals surface area contributed by atoms with Crippen molar-refractivity contribution in [3.8, 4) is 0 Å². The van der Waals surface area contributed by atoms with E-state index < -0.39 is 0 Å². The van der Waals surface area contributed by atoms with Gasteiger partial charge in [0.05, 0.1) is 12.6 Å². The van der Waals surface area contributed by atoms with Gasteiger partial charge in [-0.2, -0.15) is 0 Å². The zero-order chi connectivity index (χ0) is 14.1. The Labute approximate surface area is 117 Å². The first kappa shape index (κ1) is 16.4. The highest BCUT2D eigenvalue weighted by atomic mass is 16.5. The molecule has 2 N–H and O–H groups in total. The van der Waals surface area contributed by atoms with Gasteiger partial charge in [-0.15, -0.1) is 0 Å². The van der Waals surface area contributed by atoms with E-state index in [4.69, 9.17) is 4.74 Å². The summed E-state index contributed by atoms with van der Waals surface area (Å²) in [6.45, 7) is 8.38. The lowest BCUT2D eigenvalue weighted by molar-refractivity contribution is -0.126. The molecular weight excluding hydrogens is 242 g/mol. The second kappa shape index (κ2) is 9.28. The molecule has 1 heterocycles. The molecule has 1 aliphatic heterocycles. The predicted octanol–water partition coefficient (Wildman–Crippen LogP) is 0.602. The summed E-state index contributed by atoms with van der Waals surface area (Å²) in [5.74, 6) is 0.105. The van der Waals surface area contributed by atoms with Crippen LogP contribution in [-0.4, -0.2) is 62.8 Å². The summed E-state index contributed by atoms with van der Waals surface area (Å²) in [7, 11) is 1.64. The van der Waals surface area contributed by atoms with Crippen LogP contribution in [0.5, 0.6) is 0 Å². The minimum atomic E-state index is -0.0527. The lowest BCUT2D eigenvalue weighted by atomic mass is 10.0. The van der Waals surface area contributed by atoms with E-state index in [9.17, 15) is 4.79 Å². The Hall–Kier alpha value is -0.650. The van der Waals surface area contributed by atoms with Crippen LogP contribution in [0.25, 0.3) is 0 Å². The number of ether oxygens (including phenoxy) is 1. The van der Waals surface area contributed by atoms with Crippen molar-refractivity contribution >= 4 is 5.91 Å². The second-order valence-corrected chi connectivity index (χ2v) is 5.25. The van der Waals surface area contributed by atoms with Gasteiger partial charge in [-0.3, -0.25) is 9.69 Å². The van der Waals surface area contributed by atoms with E-state index in [0.29, 0.717) is 19.2 Å². The van der Waals surface area contributed by atoms with E-state index in [-0.39, 0.29) is 11.9 Å². The molecule has 0 aromatic carbocycles. The largest absolute Gasteiger partial charge is 0.383 e. The van der Waals surface area contributed by atoms with Gasteiger partial charge in [0, 0.05) is 26.2 Å². The number of carbonyl (C=O) groups is 1. The smallest absolute Gasteiger partial charge is 0.237 e. The molecule has 19 heavy (non-hydrogen) atoms. The molecule has 1 rings (SSSR count). The van der Waals surface area contributed by atoms with Gasteiger partial charge < -0.3 is 15.4 Å². The third-order valence-corrected chi connectivity index (χ3v) is 3.67. The molecule has 1 amide bonds. The van der Waals surface area contributed by atoms with E-state index in [1.165, 1.54) is 6.42 Å². The molecule has 0 aromatic heterocycles. The summed E-state index contributed by atoms with van der Waals surface area (Å²) in [5, 5.41) is 6.47. The Balaban J connectivity index is 2.33. The third-order valence-electron chi connectivity index (χ3n) is 3.67. The number of nitrogens with one attached hydrogen (secondary N) is 2. The Kier molecular flexibility index (Phi) is 8.02. The molecule has 2 atom stereocenters. The average molecular weight is 271 g/mol. The Bertz CT molecular complexity index is 261. The van der Waals surface area contributed by atoms with Gasteiger partial charge in [0.1, 0.15) is 0 Å². The van der Waals surface area contributed by atoms with Crippen molar-refractivity contribution in [1.29, 1.82) is 0 Å². The zero-order valence-electron chi connectivity index (χ0n) is 12.6. The number of rotatable bonds is 8. The first-order valence-corrected chi connectivity index (χ1v) is 7.43. The number of amides is 1. The van der Waals surface area contributed by atoms with Gasteiger partial charge >= 0.3 is 0 Å². The van der Waals surface area contributed by atoms with Crippen LogP contribution in [0.3, 0.4) is 0 Å². The predicted molar refractivity (Wildman–Crippen MR) is 77.2 cm³/mol. The molecule has 1 saturated heterocycles. The van der Waals surface area contributed by atoms with Gasteiger partial charge in [0.2, 0.25) is 5.91 Å². The van der Waals surface area contributed by atoms with E-state index in [2.05, 4.69) is 22.5 Å². The quantitative estimate of drug-likeness (QED) is 0.635. The van der Waals surface area contributed by atoms with Gasteiger partial charge in [-0.1, -0.05) is 6.92 Å². The molecule has 112 valence electrons. The van der Waals surface area contributed by atoms with Crippen molar-refractivity contribution in [3.05, 3.63) is 0 Å². The lowest BCUT2D eigenvalue weighted by Crippen LogP contribution is -2.53. The fourth-order valence-corrected chi connectivity index (χ4v) is 2.46. The molecule has 0 spiro atoms. The first-order chi connectivity index (χ1) is 9.19. The van der Waals surface area contributed by atoms with Gasteiger partial charge in [-0.25, -0.2) is 0 Å². The summed E-state index contributed by atoms with van der Waals surface area (Å²) >= 11 is 0. The highest BCUT2D eigenvalue weighted by Crippen LogP contribution is 2.13. The van der Waals surface area contributed by atoms with Crippen molar-refractivity contribution in [2.45, 2.75) is 45.2 Å². The highest BCUT2D eigenvalue weighted by molar-refractivity contribution is 5.81. The van der Waals surface area contributed by atoms with Crippen molar-refractivity contribution in [3.63, 3.8) is 0 Å². The van der Waals surface area contributed by atoms with Crippen LogP contribution in [0.15, 0.2) is 0 Å². The van der Waals surface area contributed by atoms with Crippen LogP contribution in [0.4, 0.5) is 0 Å². The summed E-state index contributed by atoms with van der Waals surface area (Å²) in [6, 6.07) is 0.478. The molecule has 5 heteroatoms. The molecule has 5 nitrogen and oxygen atoms in total. The fraction of sp³-hybridized carbons (Fsp3) is 0.929. The number of likely N-dealkylation sites (tertiary alicyclic amines) is 1. The van der Waals surface area contributed by atoms with Crippen LogP contribution < -0.4 is 10.6 Å². The lowest BCUT2D eigenvalue weighted by Gasteiger charge is -2.36. The number of nitrogens with zero attached hydrogens (tertiary/aromatic N) is 1.